The first-order chi connectivity index (χ1) is 5.38. The molecule has 1 rings (SSSR count). The molecule has 0 atom stereocenters. The number of hydrogen-bond acceptors (Lipinski definition) is 0. The summed E-state index contributed by atoms with van der Waals surface area (Å²) in [6.07, 6.45) is 4.31. The molecule has 1 aromatic rings. The van der Waals surface area contributed by atoms with E-state index in [1.54, 1.807) is 6.08 Å². The van der Waals surface area contributed by atoms with Gasteiger partial charge in [0.15, 0.2) is 0 Å². The molecule has 1 aromatic heterocycles. The number of allylic oxidation sites excluding steroid dienone is 2. The summed E-state index contributed by atoms with van der Waals surface area (Å²) in [6, 6.07) is 3.86. The van der Waals surface area contributed by atoms with Gasteiger partial charge in [0.25, 0.3) is 0 Å². The molecule has 0 aliphatic heterocycles. The number of aromatic amines is 1. The van der Waals surface area contributed by atoms with Crippen LogP contribution in [-0.2, 0) is 0 Å². The van der Waals surface area contributed by atoms with Gasteiger partial charge in [-0.2, -0.15) is 0 Å². The van der Waals surface area contributed by atoms with Crippen LogP contribution in [0.15, 0.2) is 24.4 Å². The van der Waals surface area contributed by atoms with Gasteiger partial charge < -0.3 is 4.98 Å². The zero-order valence-electron chi connectivity index (χ0n) is 6.60. The van der Waals surface area contributed by atoms with Crippen LogP contribution < -0.4 is 0 Å². The van der Waals surface area contributed by atoms with Gasteiger partial charge >= 0.3 is 0 Å². The summed E-state index contributed by atoms with van der Waals surface area (Å²) in [5.74, 6) is 0. The number of hydrogen-bond donors (Lipinski definition) is 1. The fourth-order valence-electron chi connectivity index (χ4n) is 1.07. The summed E-state index contributed by atoms with van der Waals surface area (Å²) in [4.78, 5) is 3.04. The molecule has 11 heavy (non-hydrogen) atoms. The van der Waals surface area contributed by atoms with Crippen LogP contribution in [0.5, 0.6) is 0 Å². The summed E-state index contributed by atoms with van der Waals surface area (Å²) in [7, 11) is 0. The monoisotopic (exact) mass is 153 g/mol. The Morgan fingerprint density at radius 1 is 1.73 bits per heavy atom. The zero-order valence-corrected chi connectivity index (χ0v) is 6.60. The van der Waals surface area contributed by atoms with Gasteiger partial charge in [-0.15, -0.1) is 0 Å². The molecule has 0 aliphatic rings. The highest BCUT2D eigenvalue weighted by atomic mass is 19.1. The SMILES string of the molecule is CC/C(=C\CF)c1ccc[nH]1. The lowest BCUT2D eigenvalue weighted by Gasteiger charge is -1.98. The minimum atomic E-state index is -0.387. The first-order valence-electron chi connectivity index (χ1n) is 3.77. The molecule has 0 amide bonds. The van der Waals surface area contributed by atoms with Crippen LogP contribution in [0, 0.1) is 0 Å². The Kier molecular flexibility index (Phi) is 2.90. The maximum atomic E-state index is 11.9. The molecule has 0 saturated carbocycles. The van der Waals surface area contributed by atoms with Gasteiger partial charge in [-0.05, 0) is 30.2 Å². The number of aromatic nitrogens is 1. The molecule has 0 unspecified atom stereocenters. The van der Waals surface area contributed by atoms with Gasteiger partial charge in [-0.3, -0.25) is 0 Å². The first-order valence-corrected chi connectivity index (χ1v) is 3.77. The van der Waals surface area contributed by atoms with Crippen LogP contribution in [-0.4, -0.2) is 11.7 Å². The Balaban J connectivity index is 2.79. The van der Waals surface area contributed by atoms with Crippen molar-refractivity contribution in [1.82, 2.24) is 4.98 Å². The van der Waals surface area contributed by atoms with Crippen molar-refractivity contribution >= 4 is 5.57 Å². The van der Waals surface area contributed by atoms with Crippen molar-refractivity contribution in [3.8, 4) is 0 Å². The Morgan fingerprint density at radius 2 is 2.55 bits per heavy atom. The van der Waals surface area contributed by atoms with E-state index in [0.717, 1.165) is 17.7 Å². The molecule has 0 fully saturated rings. The van der Waals surface area contributed by atoms with Crippen LogP contribution >= 0.6 is 0 Å². The van der Waals surface area contributed by atoms with Gasteiger partial charge in [0.2, 0.25) is 0 Å². The molecular weight excluding hydrogens is 141 g/mol. The third kappa shape index (κ3) is 1.93. The average Bonchev–Trinajstić information content (AvgIpc) is 2.52. The predicted molar refractivity (Wildman–Crippen MR) is 45.0 cm³/mol. The molecule has 0 radical (unpaired) electrons. The molecule has 0 bridgehead atoms. The van der Waals surface area contributed by atoms with Gasteiger partial charge in [0.1, 0.15) is 6.67 Å². The zero-order chi connectivity index (χ0) is 8.10. The molecule has 2 heteroatoms. The second-order valence-electron chi connectivity index (χ2n) is 2.32. The Morgan fingerprint density at radius 3 is 3.00 bits per heavy atom. The molecule has 1 N–H and O–H groups in total. The minimum absolute atomic E-state index is 0.387. The maximum absolute atomic E-state index is 11.9. The standard InChI is InChI=1S/C9H12FN/c1-2-8(5-6-10)9-4-3-7-11-9/h3-5,7,11H,2,6H2,1H3/b8-5+. The van der Waals surface area contributed by atoms with Crippen LogP contribution in [0.25, 0.3) is 5.57 Å². The van der Waals surface area contributed by atoms with Crippen LogP contribution in [0.3, 0.4) is 0 Å². The van der Waals surface area contributed by atoms with E-state index in [4.69, 9.17) is 0 Å². The highest BCUT2D eigenvalue weighted by Crippen LogP contribution is 2.14. The summed E-state index contributed by atoms with van der Waals surface area (Å²) in [5, 5.41) is 0. The smallest absolute Gasteiger partial charge is 0.108 e. The van der Waals surface area contributed by atoms with E-state index in [1.807, 2.05) is 25.3 Å². The lowest BCUT2D eigenvalue weighted by molar-refractivity contribution is 0.562. The number of rotatable bonds is 3. The number of H-pyrrole nitrogens is 1. The van der Waals surface area contributed by atoms with Crippen LogP contribution in [0.4, 0.5) is 4.39 Å². The molecule has 0 spiro atoms. The van der Waals surface area contributed by atoms with Crippen molar-refractivity contribution in [3.63, 3.8) is 0 Å². The number of alkyl halides is 1. The van der Waals surface area contributed by atoms with Gasteiger partial charge in [-0.1, -0.05) is 6.92 Å². The van der Waals surface area contributed by atoms with Crippen molar-refractivity contribution in [1.29, 1.82) is 0 Å². The third-order valence-electron chi connectivity index (χ3n) is 1.65. The third-order valence-corrected chi connectivity index (χ3v) is 1.65. The fraction of sp³-hybridized carbons (Fsp3) is 0.333. The van der Waals surface area contributed by atoms with Crippen molar-refractivity contribution in [2.45, 2.75) is 13.3 Å². The van der Waals surface area contributed by atoms with E-state index < -0.39 is 0 Å². The quantitative estimate of drug-likeness (QED) is 0.687. The minimum Gasteiger partial charge on any atom is -0.361 e. The highest BCUT2D eigenvalue weighted by Gasteiger charge is 1.97. The van der Waals surface area contributed by atoms with E-state index in [0.29, 0.717) is 0 Å². The molecule has 1 nitrogen and oxygen atoms in total. The van der Waals surface area contributed by atoms with E-state index >= 15 is 0 Å². The van der Waals surface area contributed by atoms with E-state index in [2.05, 4.69) is 4.98 Å². The lowest BCUT2D eigenvalue weighted by atomic mass is 10.1. The van der Waals surface area contributed by atoms with Gasteiger partial charge in [0.05, 0.1) is 0 Å². The van der Waals surface area contributed by atoms with Gasteiger partial charge in [-0.25, -0.2) is 4.39 Å². The van der Waals surface area contributed by atoms with E-state index in [-0.39, 0.29) is 6.67 Å². The molecule has 60 valence electrons. The van der Waals surface area contributed by atoms with Gasteiger partial charge in [0, 0.05) is 11.9 Å². The molecule has 0 aromatic carbocycles. The fourth-order valence-corrected chi connectivity index (χ4v) is 1.07. The summed E-state index contributed by atoms with van der Waals surface area (Å²) in [5.41, 5.74) is 2.06. The van der Waals surface area contributed by atoms with Crippen molar-refractivity contribution in [2.24, 2.45) is 0 Å². The average molecular weight is 153 g/mol. The Labute approximate surface area is 65.9 Å². The number of nitrogens with one attached hydrogen (secondary N) is 1. The molecule has 1 heterocycles. The van der Waals surface area contributed by atoms with E-state index in [9.17, 15) is 4.39 Å². The predicted octanol–water partition coefficient (Wildman–Crippen LogP) is 2.78. The summed E-state index contributed by atoms with van der Waals surface area (Å²) in [6.45, 7) is 1.63. The highest BCUT2D eigenvalue weighted by molar-refractivity contribution is 5.62. The molecule has 0 aliphatic carbocycles. The van der Waals surface area contributed by atoms with Crippen LogP contribution in [0.1, 0.15) is 19.0 Å². The topological polar surface area (TPSA) is 15.8 Å². The lowest BCUT2D eigenvalue weighted by Crippen LogP contribution is -1.82. The second kappa shape index (κ2) is 3.96. The normalized spacial score (nSPS) is 12.0. The first kappa shape index (κ1) is 8.05. The summed E-state index contributed by atoms with van der Waals surface area (Å²) >= 11 is 0. The molecular formula is C9H12FN. The van der Waals surface area contributed by atoms with Crippen molar-refractivity contribution in [2.75, 3.05) is 6.67 Å². The Hall–Kier alpha value is -1.05. The molecule has 0 saturated heterocycles. The van der Waals surface area contributed by atoms with Crippen molar-refractivity contribution < 1.29 is 4.39 Å². The number of halogens is 1. The van der Waals surface area contributed by atoms with E-state index in [1.165, 1.54) is 0 Å². The Bertz CT molecular complexity index is 224. The van der Waals surface area contributed by atoms with Crippen molar-refractivity contribution in [3.05, 3.63) is 30.1 Å². The maximum Gasteiger partial charge on any atom is 0.108 e. The summed E-state index contributed by atoms with van der Waals surface area (Å²) < 4.78 is 11.9. The second-order valence-corrected chi connectivity index (χ2v) is 2.32. The largest absolute Gasteiger partial charge is 0.361 e. The van der Waals surface area contributed by atoms with Crippen LogP contribution in [0.2, 0.25) is 0 Å².